The lowest BCUT2D eigenvalue weighted by Gasteiger charge is -2.30. The Balaban J connectivity index is 2.27. The van der Waals surface area contributed by atoms with E-state index in [4.69, 9.17) is 9.47 Å². The molecule has 2 aromatic carbocycles. The largest absolute Gasteiger partial charge is 0.497 e. The van der Waals surface area contributed by atoms with Crippen LogP contribution in [0.5, 0.6) is 11.5 Å². The molecule has 1 N–H and O–H groups in total. The number of ether oxygens (including phenoxy) is 2. The highest BCUT2D eigenvalue weighted by Gasteiger charge is 2.28. The van der Waals surface area contributed by atoms with E-state index in [0.717, 1.165) is 16.9 Å². The minimum atomic E-state index is -0.540. The highest BCUT2D eigenvalue weighted by atomic mass is 16.5. The van der Waals surface area contributed by atoms with Crippen LogP contribution in [-0.4, -0.2) is 44.0 Å². The van der Waals surface area contributed by atoms with Gasteiger partial charge in [-0.2, -0.15) is 0 Å². The van der Waals surface area contributed by atoms with Gasteiger partial charge < -0.3 is 19.7 Å². The molecule has 150 valence electrons. The number of hydrogen-bond acceptors (Lipinski definition) is 4. The average Bonchev–Trinajstić information content (AvgIpc) is 2.73. The minimum Gasteiger partial charge on any atom is -0.497 e. The third kappa shape index (κ3) is 5.49. The Labute approximate surface area is 166 Å². The molecule has 6 heteroatoms. The summed E-state index contributed by atoms with van der Waals surface area (Å²) in [5.74, 6) is 1.17. The molecule has 6 nitrogen and oxygen atoms in total. The summed E-state index contributed by atoms with van der Waals surface area (Å²) in [4.78, 5) is 27.2. The van der Waals surface area contributed by atoms with Crippen molar-refractivity contribution in [2.24, 2.45) is 0 Å². The van der Waals surface area contributed by atoms with Gasteiger partial charge in [0.05, 0.1) is 20.6 Å². The molecule has 0 aliphatic heterocycles. The van der Waals surface area contributed by atoms with Crippen molar-refractivity contribution in [3.8, 4) is 11.5 Å². The van der Waals surface area contributed by atoms with Gasteiger partial charge in [-0.05, 0) is 41.8 Å². The normalized spacial score (nSPS) is 11.4. The number of carbonyl (C=O) groups is 2. The zero-order valence-corrected chi connectivity index (χ0v) is 16.9. The molecule has 0 heterocycles. The van der Waals surface area contributed by atoms with Crippen molar-refractivity contribution in [3.63, 3.8) is 0 Å². The molecule has 0 aliphatic carbocycles. The summed E-state index contributed by atoms with van der Waals surface area (Å²) in [6, 6.07) is 14.4. The zero-order valence-electron chi connectivity index (χ0n) is 16.9. The molecular weight excluding hydrogens is 356 g/mol. The van der Waals surface area contributed by atoms with Crippen molar-refractivity contribution in [2.45, 2.75) is 32.4 Å². The molecule has 0 aliphatic rings. The van der Waals surface area contributed by atoms with Gasteiger partial charge in [-0.25, -0.2) is 0 Å². The van der Waals surface area contributed by atoms with Gasteiger partial charge in [0.1, 0.15) is 17.5 Å². The summed E-state index contributed by atoms with van der Waals surface area (Å²) in [6.45, 7) is 2.23. The third-order valence-corrected chi connectivity index (χ3v) is 4.63. The van der Waals surface area contributed by atoms with Crippen LogP contribution in [0.2, 0.25) is 0 Å². The Morgan fingerprint density at radius 1 is 1.00 bits per heavy atom. The monoisotopic (exact) mass is 384 g/mol. The Hall–Kier alpha value is -3.02. The van der Waals surface area contributed by atoms with Gasteiger partial charge in [-0.1, -0.05) is 31.2 Å². The molecule has 0 bridgehead atoms. The van der Waals surface area contributed by atoms with Crippen LogP contribution in [0.25, 0.3) is 0 Å². The fourth-order valence-electron chi connectivity index (χ4n) is 3.07. The molecule has 0 radical (unpaired) electrons. The number of likely N-dealkylation sites (N-methyl/N-ethyl adjacent to an activating group) is 1. The third-order valence-electron chi connectivity index (χ3n) is 4.63. The van der Waals surface area contributed by atoms with Crippen molar-refractivity contribution in [1.29, 1.82) is 0 Å². The molecule has 0 fully saturated rings. The van der Waals surface area contributed by atoms with Crippen molar-refractivity contribution in [1.82, 2.24) is 10.2 Å². The molecule has 0 saturated heterocycles. The quantitative estimate of drug-likeness (QED) is 0.722. The second-order valence-corrected chi connectivity index (χ2v) is 6.44. The van der Waals surface area contributed by atoms with E-state index >= 15 is 0 Å². The molecule has 2 amide bonds. The first-order chi connectivity index (χ1) is 13.5. The fraction of sp³-hybridized carbons (Fsp3) is 0.364. The first-order valence-corrected chi connectivity index (χ1v) is 9.29. The van der Waals surface area contributed by atoms with Crippen molar-refractivity contribution < 1.29 is 19.1 Å². The van der Waals surface area contributed by atoms with Gasteiger partial charge in [0.25, 0.3) is 0 Å². The number of amides is 2. The first-order valence-electron chi connectivity index (χ1n) is 9.29. The van der Waals surface area contributed by atoms with Gasteiger partial charge in [0.2, 0.25) is 11.8 Å². The maximum Gasteiger partial charge on any atom is 0.242 e. The van der Waals surface area contributed by atoms with Crippen molar-refractivity contribution >= 4 is 11.8 Å². The summed E-state index contributed by atoms with van der Waals surface area (Å²) in [5.41, 5.74) is 1.78. The lowest BCUT2D eigenvalue weighted by atomic mass is 10.1. The SMILES string of the molecule is CC[C@@H](C(=O)NC)N(Cc1cccc(OC)c1)C(=O)Cc1ccc(OC)cc1. The number of nitrogens with zero attached hydrogens (tertiary/aromatic N) is 1. The van der Waals surface area contributed by atoms with Crippen molar-refractivity contribution in [3.05, 3.63) is 59.7 Å². The van der Waals surface area contributed by atoms with E-state index in [1.165, 1.54) is 0 Å². The van der Waals surface area contributed by atoms with Crippen LogP contribution in [-0.2, 0) is 22.6 Å². The van der Waals surface area contributed by atoms with Gasteiger partial charge in [-0.3, -0.25) is 9.59 Å². The van der Waals surface area contributed by atoms with E-state index in [0.29, 0.717) is 18.7 Å². The van der Waals surface area contributed by atoms with Crippen molar-refractivity contribution in [2.75, 3.05) is 21.3 Å². The molecule has 0 saturated carbocycles. The summed E-state index contributed by atoms with van der Waals surface area (Å²) in [5, 5.41) is 2.66. The average molecular weight is 384 g/mol. The molecule has 2 rings (SSSR count). The molecule has 28 heavy (non-hydrogen) atoms. The number of benzene rings is 2. The van der Waals surface area contributed by atoms with E-state index in [9.17, 15) is 9.59 Å². The minimum absolute atomic E-state index is 0.108. The summed E-state index contributed by atoms with van der Waals surface area (Å²) in [6.07, 6.45) is 0.736. The summed E-state index contributed by atoms with van der Waals surface area (Å²) < 4.78 is 10.4. The Bertz CT molecular complexity index is 789. The Morgan fingerprint density at radius 2 is 1.68 bits per heavy atom. The first kappa shape index (κ1) is 21.3. The smallest absolute Gasteiger partial charge is 0.242 e. The van der Waals surface area contributed by atoms with Crippen LogP contribution in [0, 0.1) is 0 Å². The zero-order chi connectivity index (χ0) is 20.5. The Kier molecular flexibility index (Phi) is 7.87. The number of carbonyl (C=O) groups excluding carboxylic acids is 2. The lowest BCUT2D eigenvalue weighted by molar-refractivity contribution is -0.140. The topological polar surface area (TPSA) is 67.9 Å². The van der Waals surface area contributed by atoms with Crippen LogP contribution in [0.4, 0.5) is 0 Å². The number of rotatable bonds is 9. The van der Waals surface area contributed by atoms with Gasteiger partial charge in [0, 0.05) is 13.6 Å². The number of hydrogen-bond donors (Lipinski definition) is 1. The molecule has 2 aromatic rings. The predicted octanol–water partition coefficient (Wildman–Crippen LogP) is 2.80. The van der Waals surface area contributed by atoms with Crippen LogP contribution in [0.3, 0.4) is 0 Å². The van der Waals surface area contributed by atoms with Gasteiger partial charge >= 0.3 is 0 Å². The molecule has 0 aromatic heterocycles. The van der Waals surface area contributed by atoms with Crippen LogP contribution >= 0.6 is 0 Å². The molecular formula is C22H28N2O4. The van der Waals surface area contributed by atoms with E-state index in [1.54, 1.807) is 26.2 Å². The van der Waals surface area contributed by atoms with Crippen LogP contribution < -0.4 is 14.8 Å². The highest BCUT2D eigenvalue weighted by Crippen LogP contribution is 2.19. The van der Waals surface area contributed by atoms with Gasteiger partial charge in [-0.15, -0.1) is 0 Å². The lowest BCUT2D eigenvalue weighted by Crippen LogP contribution is -2.48. The predicted molar refractivity (Wildman–Crippen MR) is 108 cm³/mol. The fourth-order valence-corrected chi connectivity index (χ4v) is 3.07. The maximum atomic E-state index is 13.1. The van der Waals surface area contributed by atoms with E-state index in [2.05, 4.69) is 5.32 Å². The molecule has 0 unspecified atom stereocenters. The molecule has 0 spiro atoms. The van der Waals surface area contributed by atoms with Crippen LogP contribution in [0.1, 0.15) is 24.5 Å². The second kappa shape index (κ2) is 10.3. The number of methoxy groups -OCH3 is 2. The van der Waals surface area contributed by atoms with E-state index in [-0.39, 0.29) is 18.2 Å². The van der Waals surface area contributed by atoms with Gasteiger partial charge in [0.15, 0.2) is 0 Å². The summed E-state index contributed by atoms with van der Waals surface area (Å²) in [7, 11) is 4.79. The number of nitrogens with one attached hydrogen (secondary N) is 1. The highest BCUT2D eigenvalue weighted by molar-refractivity contribution is 5.88. The standard InChI is InChI=1S/C22H28N2O4/c1-5-20(22(26)23-2)24(15-17-7-6-8-19(13-17)28-4)21(25)14-16-9-11-18(27-3)12-10-16/h6-13,20H,5,14-15H2,1-4H3,(H,23,26)/t20-/m0/s1. The van der Waals surface area contributed by atoms with E-state index in [1.807, 2.05) is 55.5 Å². The molecule has 1 atom stereocenters. The second-order valence-electron chi connectivity index (χ2n) is 6.44. The van der Waals surface area contributed by atoms with Crippen LogP contribution in [0.15, 0.2) is 48.5 Å². The maximum absolute atomic E-state index is 13.1. The summed E-state index contributed by atoms with van der Waals surface area (Å²) >= 11 is 0. The Morgan fingerprint density at radius 3 is 2.25 bits per heavy atom. The van der Waals surface area contributed by atoms with E-state index < -0.39 is 6.04 Å².